The van der Waals surface area contributed by atoms with Gasteiger partial charge in [0.1, 0.15) is 0 Å². The average molecular weight is 312 g/mol. The molecule has 0 aliphatic rings. The summed E-state index contributed by atoms with van der Waals surface area (Å²) >= 11 is 1.44. The molecule has 0 aromatic carbocycles. The summed E-state index contributed by atoms with van der Waals surface area (Å²) in [5, 5.41) is 8.50. The lowest BCUT2D eigenvalue weighted by Crippen LogP contribution is -2.35. The van der Waals surface area contributed by atoms with Crippen LogP contribution in [0.5, 0.6) is 0 Å². The van der Waals surface area contributed by atoms with Crippen LogP contribution in [-0.2, 0) is 16.1 Å². The van der Waals surface area contributed by atoms with Gasteiger partial charge in [-0.25, -0.2) is 4.98 Å². The summed E-state index contributed by atoms with van der Waals surface area (Å²) in [7, 11) is 0. The first-order chi connectivity index (χ1) is 9.93. The molecule has 1 aromatic rings. The molecule has 0 bridgehead atoms. The number of carbonyl (C=O) groups is 2. The van der Waals surface area contributed by atoms with Crippen LogP contribution in [0.2, 0.25) is 0 Å². The number of nitrogens with zero attached hydrogens (tertiary/aromatic N) is 2. The van der Waals surface area contributed by atoms with Gasteiger partial charge in [-0.15, -0.1) is 11.3 Å². The Hall–Kier alpha value is -1.47. The molecule has 1 heterocycles. The first kappa shape index (κ1) is 17.6. The molecule has 0 fully saturated rings. The maximum absolute atomic E-state index is 11.5. The second-order valence-corrected chi connectivity index (χ2v) is 6.02. The van der Waals surface area contributed by atoms with Crippen molar-refractivity contribution in [3.05, 3.63) is 11.1 Å². The highest BCUT2D eigenvalue weighted by Gasteiger charge is 2.13. The van der Waals surface area contributed by atoms with E-state index in [1.807, 2.05) is 12.3 Å². The molecule has 0 radical (unpaired) electrons. The zero-order valence-corrected chi connectivity index (χ0v) is 13.9. The van der Waals surface area contributed by atoms with Gasteiger partial charge in [-0.3, -0.25) is 14.5 Å². The number of rotatable bonds is 8. The van der Waals surface area contributed by atoms with Gasteiger partial charge in [-0.05, 0) is 12.8 Å². The van der Waals surface area contributed by atoms with Crippen LogP contribution in [0.4, 0.5) is 5.13 Å². The number of anilines is 1. The Kier molecular flexibility index (Phi) is 7.31. The van der Waals surface area contributed by atoms with Crippen LogP contribution in [0.25, 0.3) is 0 Å². The molecule has 0 aliphatic heterocycles. The van der Waals surface area contributed by atoms with Crippen LogP contribution >= 0.6 is 11.3 Å². The van der Waals surface area contributed by atoms with Crippen LogP contribution in [0.1, 0.15) is 33.4 Å². The average Bonchev–Trinajstić information content (AvgIpc) is 2.85. The largest absolute Gasteiger partial charge is 0.355 e. The topological polar surface area (TPSA) is 74.3 Å². The van der Waals surface area contributed by atoms with Gasteiger partial charge >= 0.3 is 0 Å². The van der Waals surface area contributed by atoms with Crippen molar-refractivity contribution >= 4 is 28.3 Å². The number of hydrogen-bond acceptors (Lipinski definition) is 5. The van der Waals surface area contributed by atoms with Gasteiger partial charge in [0.05, 0.1) is 12.2 Å². The van der Waals surface area contributed by atoms with E-state index in [9.17, 15) is 9.59 Å². The molecular formula is C14H24N4O2S. The summed E-state index contributed by atoms with van der Waals surface area (Å²) in [6.45, 7) is 9.63. The summed E-state index contributed by atoms with van der Waals surface area (Å²) in [4.78, 5) is 29.0. The fourth-order valence-corrected chi connectivity index (χ4v) is 2.61. The number of thiazole rings is 1. The van der Waals surface area contributed by atoms with Crippen molar-refractivity contribution in [1.82, 2.24) is 15.6 Å². The second-order valence-electron chi connectivity index (χ2n) is 5.19. The molecule has 0 saturated heterocycles. The Morgan fingerprint density at radius 3 is 2.71 bits per heavy atom. The molecule has 2 N–H and O–H groups in total. The number of carbonyl (C=O) groups excluding carboxylic acids is 2. The minimum Gasteiger partial charge on any atom is -0.355 e. The number of hydrogen-bond donors (Lipinski definition) is 2. The Labute approximate surface area is 129 Å². The standard InChI is InChI=1S/C14H24N4O2S/c1-5-18(11(4)19)14-17-12(9-21-14)7-15-8-13(20)16-6-10(2)3/h9-10,15H,5-8H2,1-4H3,(H,16,20). The number of nitrogens with one attached hydrogen (secondary N) is 2. The summed E-state index contributed by atoms with van der Waals surface area (Å²) < 4.78 is 0. The minimum atomic E-state index is -0.0157. The van der Waals surface area contributed by atoms with Crippen molar-refractivity contribution in [3.8, 4) is 0 Å². The predicted octanol–water partition coefficient (Wildman–Crippen LogP) is 1.38. The highest BCUT2D eigenvalue weighted by molar-refractivity contribution is 7.14. The van der Waals surface area contributed by atoms with Gasteiger partial charge < -0.3 is 10.6 Å². The van der Waals surface area contributed by atoms with Gasteiger partial charge in [-0.1, -0.05) is 13.8 Å². The van der Waals surface area contributed by atoms with E-state index in [0.29, 0.717) is 30.7 Å². The van der Waals surface area contributed by atoms with E-state index in [0.717, 1.165) is 5.69 Å². The van der Waals surface area contributed by atoms with Gasteiger partial charge in [0.25, 0.3) is 0 Å². The van der Waals surface area contributed by atoms with Crippen LogP contribution in [0.15, 0.2) is 5.38 Å². The zero-order valence-electron chi connectivity index (χ0n) is 13.1. The summed E-state index contributed by atoms with van der Waals surface area (Å²) in [5.41, 5.74) is 0.839. The van der Waals surface area contributed by atoms with Crippen LogP contribution in [0.3, 0.4) is 0 Å². The third kappa shape index (κ3) is 6.22. The minimum absolute atomic E-state index is 0.0144. The van der Waals surface area contributed by atoms with E-state index in [4.69, 9.17) is 0 Å². The molecule has 1 rings (SSSR count). The molecule has 0 unspecified atom stereocenters. The van der Waals surface area contributed by atoms with E-state index >= 15 is 0 Å². The van der Waals surface area contributed by atoms with Gasteiger partial charge in [0.15, 0.2) is 5.13 Å². The summed E-state index contributed by atoms with van der Waals surface area (Å²) in [6, 6.07) is 0. The van der Waals surface area contributed by atoms with Crippen molar-refractivity contribution in [2.45, 2.75) is 34.2 Å². The maximum Gasteiger partial charge on any atom is 0.233 e. The van der Waals surface area contributed by atoms with Crippen molar-refractivity contribution in [1.29, 1.82) is 0 Å². The lowest BCUT2D eigenvalue weighted by molar-refractivity contribution is -0.120. The molecular weight excluding hydrogens is 288 g/mol. The van der Waals surface area contributed by atoms with E-state index in [2.05, 4.69) is 29.5 Å². The van der Waals surface area contributed by atoms with Crippen molar-refractivity contribution in [2.24, 2.45) is 5.92 Å². The fraction of sp³-hybridized carbons (Fsp3) is 0.643. The van der Waals surface area contributed by atoms with Crippen molar-refractivity contribution < 1.29 is 9.59 Å². The SMILES string of the molecule is CCN(C(C)=O)c1nc(CNCC(=O)NCC(C)C)cs1. The van der Waals surface area contributed by atoms with E-state index < -0.39 is 0 Å². The monoisotopic (exact) mass is 312 g/mol. The Morgan fingerprint density at radius 2 is 2.14 bits per heavy atom. The van der Waals surface area contributed by atoms with Crippen molar-refractivity contribution in [2.75, 3.05) is 24.5 Å². The highest BCUT2D eigenvalue weighted by Crippen LogP contribution is 2.20. The smallest absolute Gasteiger partial charge is 0.233 e. The van der Waals surface area contributed by atoms with Crippen LogP contribution < -0.4 is 15.5 Å². The lowest BCUT2D eigenvalue weighted by Gasteiger charge is -2.14. The van der Waals surface area contributed by atoms with Gasteiger partial charge in [0, 0.05) is 31.9 Å². The third-order valence-electron chi connectivity index (χ3n) is 2.77. The van der Waals surface area contributed by atoms with Gasteiger partial charge in [-0.2, -0.15) is 0 Å². The van der Waals surface area contributed by atoms with E-state index in [1.54, 1.807) is 4.90 Å². The molecule has 0 spiro atoms. The molecule has 7 heteroatoms. The normalized spacial score (nSPS) is 10.7. The van der Waals surface area contributed by atoms with E-state index in [-0.39, 0.29) is 18.4 Å². The van der Waals surface area contributed by atoms with Crippen LogP contribution in [0, 0.1) is 5.92 Å². The third-order valence-corrected chi connectivity index (χ3v) is 3.68. The molecule has 0 aliphatic carbocycles. The maximum atomic E-state index is 11.5. The zero-order chi connectivity index (χ0) is 15.8. The quantitative estimate of drug-likeness (QED) is 0.760. The predicted molar refractivity (Wildman–Crippen MR) is 85.4 cm³/mol. The van der Waals surface area contributed by atoms with Gasteiger partial charge in [0.2, 0.25) is 11.8 Å². The molecule has 0 saturated carbocycles. The molecule has 2 amide bonds. The number of amides is 2. The molecule has 21 heavy (non-hydrogen) atoms. The summed E-state index contributed by atoms with van der Waals surface area (Å²) in [5.74, 6) is 0.416. The van der Waals surface area contributed by atoms with Crippen LogP contribution in [-0.4, -0.2) is 36.4 Å². The highest BCUT2D eigenvalue weighted by atomic mass is 32.1. The Morgan fingerprint density at radius 1 is 1.43 bits per heavy atom. The second kappa shape index (κ2) is 8.74. The molecule has 1 aromatic heterocycles. The van der Waals surface area contributed by atoms with Crippen molar-refractivity contribution in [3.63, 3.8) is 0 Å². The first-order valence-corrected chi connectivity index (χ1v) is 8.01. The van der Waals surface area contributed by atoms with E-state index in [1.165, 1.54) is 18.3 Å². The Balaban J connectivity index is 2.38. The fourth-order valence-electron chi connectivity index (χ4n) is 1.68. The number of aromatic nitrogens is 1. The first-order valence-electron chi connectivity index (χ1n) is 7.14. The Bertz CT molecular complexity index is 473. The molecule has 6 nitrogen and oxygen atoms in total. The molecule has 118 valence electrons. The lowest BCUT2D eigenvalue weighted by atomic mass is 10.2. The summed E-state index contributed by atoms with van der Waals surface area (Å²) in [6.07, 6.45) is 0. The molecule has 0 atom stereocenters.